The van der Waals surface area contributed by atoms with Crippen LogP contribution in [0, 0.1) is 5.41 Å². The molecular formula is C13H21N3O2S. The molecule has 2 aliphatic rings. The second-order valence-corrected chi connectivity index (χ2v) is 5.97. The highest BCUT2D eigenvalue weighted by molar-refractivity contribution is 7.80. The molecule has 0 unspecified atom stereocenters. The Kier molecular flexibility index (Phi) is 4.39. The molecule has 4 N–H and O–H groups in total. The van der Waals surface area contributed by atoms with E-state index in [2.05, 4.69) is 10.6 Å². The zero-order valence-electron chi connectivity index (χ0n) is 11.0. The predicted molar refractivity (Wildman–Crippen MR) is 76.5 cm³/mol. The van der Waals surface area contributed by atoms with Crippen molar-refractivity contribution in [2.75, 3.05) is 6.54 Å². The third-order valence-electron chi connectivity index (χ3n) is 3.97. The van der Waals surface area contributed by atoms with E-state index in [-0.39, 0.29) is 23.3 Å². The molecule has 0 heterocycles. The molecule has 0 aliphatic heterocycles. The van der Waals surface area contributed by atoms with Crippen molar-refractivity contribution in [2.24, 2.45) is 11.1 Å². The monoisotopic (exact) mass is 283 g/mol. The van der Waals surface area contributed by atoms with Crippen molar-refractivity contribution < 1.29 is 9.59 Å². The Hall–Kier alpha value is -1.17. The first-order chi connectivity index (χ1) is 9.04. The molecule has 106 valence electrons. The summed E-state index contributed by atoms with van der Waals surface area (Å²) < 4.78 is 0. The van der Waals surface area contributed by atoms with Crippen LogP contribution in [0.15, 0.2) is 0 Å². The van der Waals surface area contributed by atoms with Crippen LogP contribution in [-0.2, 0) is 9.59 Å². The van der Waals surface area contributed by atoms with Crippen LogP contribution in [0.4, 0.5) is 0 Å². The van der Waals surface area contributed by atoms with Crippen molar-refractivity contribution in [1.29, 1.82) is 0 Å². The topological polar surface area (TPSA) is 84.2 Å². The van der Waals surface area contributed by atoms with Crippen LogP contribution in [-0.4, -0.2) is 29.4 Å². The minimum Gasteiger partial charge on any atom is -0.392 e. The number of hydrogen-bond acceptors (Lipinski definition) is 3. The molecular weight excluding hydrogens is 262 g/mol. The molecule has 0 aromatic heterocycles. The number of rotatable bonds is 5. The van der Waals surface area contributed by atoms with Gasteiger partial charge in [-0.1, -0.05) is 31.5 Å². The van der Waals surface area contributed by atoms with Crippen LogP contribution in [0.2, 0.25) is 0 Å². The molecule has 0 bridgehead atoms. The number of nitrogens with one attached hydrogen (secondary N) is 2. The highest BCUT2D eigenvalue weighted by Crippen LogP contribution is 2.36. The molecule has 2 saturated carbocycles. The lowest BCUT2D eigenvalue weighted by molar-refractivity contribution is -0.131. The fraction of sp³-hybridized carbons (Fsp3) is 0.769. The van der Waals surface area contributed by atoms with Crippen molar-refractivity contribution >= 4 is 29.0 Å². The molecule has 0 radical (unpaired) electrons. The van der Waals surface area contributed by atoms with Gasteiger partial charge in [-0.25, -0.2) is 0 Å². The summed E-state index contributed by atoms with van der Waals surface area (Å²) in [4.78, 5) is 24.1. The van der Waals surface area contributed by atoms with E-state index in [1.165, 1.54) is 0 Å². The maximum atomic E-state index is 12.3. The second kappa shape index (κ2) is 5.86. The molecule has 2 aliphatic carbocycles. The van der Waals surface area contributed by atoms with Gasteiger partial charge in [0.1, 0.15) is 0 Å². The molecule has 0 spiro atoms. The Morgan fingerprint density at radius 3 is 2.37 bits per heavy atom. The minimum absolute atomic E-state index is 0.0136. The minimum atomic E-state index is -0.743. The van der Waals surface area contributed by atoms with E-state index in [9.17, 15) is 9.59 Å². The van der Waals surface area contributed by atoms with Crippen LogP contribution in [0.3, 0.4) is 0 Å². The first-order valence-corrected chi connectivity index (χ1v) is 7.33. The van der Waals surface area contributed by atoms with E-state index in [4.69, 9.17) is 18.0 Å². The molecule has 0 aromatic rings. The molecule has 0 atom stereocenters. The van der Waals surface area contributed by atoms with Gasteiger partial charge < -0.3 is 16.4 Å². The van der Waals surface area contributed by atoms with Gasteiger partial charge in [0.05, 0.1) is 16.9 Å². The van der Waals surface area contributed by atoms with Gasteiger partial charge in [-0.3, -0.25) is 9.59 Å². The van der Waals surface area contributed by atoms with Crippen LogP contribution in [0.5, 0.6) is 0 Å². The van der Waals surface area contributed by atoms with Gasteiger partial charge in [0, 0.05) is 6.04 Å². The summed E-state index contributed by atoms with van der Waals surface area (Å²) in [7, 11) is 0. The van der Waals surface area contributed by atoms with E-state index in [0.29, 0.717) is 18.9 Å². The zero-order valence-corrected chi connectivity index (χ0v) is 11.9. The van der Waals surface area contributed by atoms with Crippen molar-refractivity contribution in [3.05, 3.63) is 0 Å². The molecule has 0 aromatic carbocycles. The highest BCUT2D eigenvalue weighted by Gasteiger charge is 2.42. The summed E-state index contributed by atoms with van der Waals surface area (Å²) in [6, 6.07) is 0.309. The Labute approximate surface area is 118 Å². The maximum absolute atomic E-state index is 12.3. The van der Waals surface area contributed by atoms with Gasteiger partial charge >= 0.3 is 0 Å². The van der Waals surface area contributed by atoms with E-state index < -0.39 is 5.41 Å². The van der Waals surface area contributed by atoms with Crippen LogP contribution >= 0.6 is 12.2 Å². The summed E-state index contributed by atoms with van der Waals surface area (Å²) in [6.07, 6.45) is 6.49. The number of nitrogens with two attached hydrogens (primary N) is 1. The van der Waals surface area contributed by atoms with Gasteiger partial charge in [-0.2, -0.15) is 0 Å². The van der Waals surface area contributed by atoms with E-state index in [1.807, 2.05) is 0 Å². The quantitative estimate of drug-likeness (QED) is 0.646. The summed E-state index contributed by atoms with van der Waals surface area (Å²) in [5.74, 6) is -0.324. The van der Waals surface area contributed by atoms with E-state index in [0.717, 1.165) is 32.1 Å². The van der Waals surface area contributed by atoms with E-state index in [1.54, 1.807) is 0 Å². The third-order valence-corrected chi connectivity index (χ3v) is 4.36. The normalized spacial score (nSPS) is 21.5. The Morgan fingerprint density at radius 2 is 1.84 bits per heavy atom. The fourth-order valence-electron chi connectivity index (χ4n) is 2.58. The number of carbonyl (C=O) groups excluding carboxylic acids is 2. The number of amides is 2. The van der Waals surface area contributed by atoms with Crippen molar-refractivity contribution in [1.82, 2.24) is 10.6 Å². The van der Waals surface area contributed by atoms with Gasteiger partial charge in [0.2, 0.25) is 11.8 Å². The zero-order chi connectivity index (χ0) is 13.9. The lowest BCUT2D eigenvalue weighted by Crippen LogP contribution is -2.51. The lowest BCUT2D eigenvalue weighted by atomic mass is 9.73. The Balaban J connectivity index is 1.88. The summed E-state index contributed by atoms with van der Waals surface area (Å²) in [6.45, 7) is 0.0136. The molecule has 6 heteroatoms. The van der Waals surface area contributed by atoms with Gasteiger partial charge in [0.25, 0.3) is 0 Å². The van der Waals surface area contributed by atoms with Gasteiger partial charge in [-0.05, 0) is 25.7 Å². The average molecular weight is 283 g/mol. The summed E-state index contributed by atoms with van der Waals surface area (Å²) in [5, 5.41) is 5.53. The van der Waals surface area contributed by atoms with Crippen molar-refractivity contribution in [3.63, 3.8) is 0 Å². The molecule has 5 nitrogen and oxygen atoms in total. The summed E-state index contributed by atoms with van der Waals surface area (Å²) >= 11 is 5.08. The lowest BCUT2D eigenvalue weighted by Gasteiger charge is -2.34. The molecule has 0 saturated heterocycles. The van der Waals surface area contributed by atoms with Gasteiger partial charge in [0.15, 0.2) is 0 Å². The predicted octanol–water partition coefficient (Wildman–Crippen LogP) is 0.618. The largest absolute Gasteiger partial charge is 0.392 e. The van der Waals surface area contributed by atoms with Gasteiger partial charge in [-0.15, -0.1) is 0 Å². The number of hydrogen-bond donors (Lipinski definition) is 3. The summed E-state index contributed by atoms with van der Waals surface area (Å²) in [5.41, 5.74) is 5.03. The first-order valence-electron chi connectivity index (χ1n) is 6.92. The molecule has 2 rings (SSSR count). The Morgan fingerprint density at radius 1 is 1.21 bits per heavy atom. The highest BCUT2D eigenvalue weighted by atomic mass is 32.1. The fourth-order valence-corrected chi connectivity index (χ4v) is 2.87. The van der Waals surface area contributed by atoms with Crippen molar-refractivity contribution in [3.8, 4) is 0 Å². The second-order valence-electron chi connectivity index (χ2n) is 5.53. The Bertz CT molecular complexity index is 387. The van der Waals surface area contributed by atoms with E-state index >= 15 is 0 Å². The SMILES string of the molecule is NC(=S)C1(C(=O)NCC(=O)NC2CC2)CCCCC1. The first kappa shape index (κ1) is 14.2. The third kappa shape index (κ3) is 3.43. The van der Waals surface area contributed by atoms with Crippen LogP contribution in [0.25, 0.3) is 0 Å². The molecule has 2 amide bonds. The molecule has 19 heavy (non-hydrogen) atoms. The smallest absolute Gasteiger partial charge is 0.239 e. The number of thiocarbonyl (C=S) groups is 1. The standard InChI is InChI=1S/C13H21N3O2S/c14-11(19)13(6-2-1-3-7-13)12(18)15-8-10(17)16-9-4-5-9/h9H,1-8H2,(H2,14,19)(H,15,18)(H,16,17). The molecule has 2 fully saturated rings. The van der Waals surface area contributed by atoms with Crippen LogP contribution in [0.1, 0.15) is 44.9 Å². The van der Waals surface area contributed by atoms with Crippen molar-refractivity contribution in [2.45, 2.75) is 51.0 Å². The average Bonchev–Trinajstić information content (AvgIpc) is 3.20. The number of carbonyl (C=O) groups is 2. The maximum Gasteiger partial charge on any atom is 0.239 e. The van der Waals surface area contributed by atoms with Crippen LogP contribution < -0.4 is 16.4 Å².